The molecule has 0 aliphatic heterocycles. The fourth-order valence-corrected chi connectivity index (χ4v) is 4.56. The van der Waals surface area contributed by atoms with Gasteiger partial charge in [-0.15, -0.1) is 0 Å². The van der Waals surface area contributed by atoms with E-state index < -0.39 is 9.96 Å². The van der Waals surface area contributed by atoms with E-state index in [-0.39, 0.29) is 17.4 Å². The van der Waals surface area contributed by atoms with Crippen LogP contribution in [0.2, 0.25) is 0 Å². The van der Waals surface area contributed by atoms with Crippen LogP contribution in [0.3, 0.4) is 0 Å². The highest BCUT2D eigenvalue weighted by Gasteiger charge is 2.34. The first kappa shape index (κ1) is 24.7. The summed E-state index contributed by atoms with van der Waals surface area (Å²) in [5.74, 6) is -0.307. The van der Waals surface area contributed by atoms with Crippen LogP contribution in [-0.4, -0.2) is 21.0 Å². The van der Waals surface area contributed by atoms with Crippen LogP contribution in [0, 0.1) is 13.8 Å². The lowest BCUT2D eigenvalue weighted by atomic mass is 10.1. The molecule has 0 saturated carbocycles. The molecule has 1 atom stereocenters. The number of nitrogens with one attached hydrogen (secondary N) is 3. The molecule has 0 aliphatic carbocycles. The Morgan fingerprint density at radius 3 is 2.10 bits per heavy atom. The summed E-state index contributed by atoms with van der Waals surface area (Å²) >= 11 is 30.4. The number of aryl methyl sites for hydroxylation is 2. The molecule has 4 nitrogen and oxygen atoms in total. The average molecular weight is 603 g/mol. The molecule has 0 aliphatic rings. The summed E-state index contributed by atoms with van der Waals surface area (Å²) in [7, 11) is 0. The van der Waals surface area contributed by atoms with Gasteiger partial charge in [0.1, 0.15) is 6.17 Å². The van der Waals surface area contributed by atoms with Crippen molar-refractivity contribution in [3.05, 3.63) is 62.0 Å². The first-order valence-electron chi connectivity index (χ1n) is 8.40. The van der Waals surface area contributed by atoms with Crippen LogP contribution in [0.1, 0.15) is 16.7 Å². The molecule has 0 radical (unpaired) electrons. The molecule has 0 fully saturated rings. The van der Waals surface area contributed by atoms with E-state index >= 15 is 0 Å². The van der Waals surface area contributed by atoms with Gasteiger partial charge in [-0.3, -0.25) is 4.79 Å². The molecule has 1 amide bonds. The van der Waals surface area contributed by atoms with Crippen molar-refractivity contribution in [3.63, 3.8) is 0 Å². The average Bonchev–Trinajstić information content (AvgIpc) is 2.58. The van der Waals surface area contributed by atoms with Gasteiger partial charge in [0.15, 0.2) is 5.11 Å². The minimum absolute atomic E-state index is 0.147. The minimum atomic E-state index is -1.82. The maximum atomic E-state index is 12.4. The quantitative estimate of drug-likeness (QED) is 0.218. The third-order valence-electron chi connectivity index (χ3n) is 3.82. The lowest BCUT2D eigenvalue weighted by Gasteiger charge is -2.28. The van der Waals surface area contributed by atoms with Gasteiger partial charge < -0.3 is 16.0 Å². The standard InChI is InChI=1S/C19H18Br2Cl3N3OS/c1-10-3-5-12(6-4-10)9-15(28)25-17(19(22,23)24)27-18(29)26-16-13(20)7-11(2)8-14(16)21/h3-8,17H,9H2,1-2H3,(H,25,28)(H2,26,27,29). The third-order valence-corrected chi connectivity index (χ3v) is 5.94. The number of amides is 1. The molecule has 0 heterocycles. The monoisotopic (exact) mass is 599 g/mol. The predicted octanol–water partition coefficient (Wildman–Crippen LogP) is 6.17. The van der Waals surface area contributed by atoms with E-state index in [2.05, 4.69) is 47.8 Å². The highest BCUT2D eigenvalue weighted by Crippen LogP contribution is 2.33. The molecule has 156 valence electrons. The van der Waals surface area contributed by atoms with Crippen molar-refractivity contribution >= 4 is 95.6 Å². The van der Waals surface area contributed by atoms with Crippen molar-refractivity contribution in [2.24, 2.45) is 0 Å². The molecule has 1 unspecified atom stereocenters. The van der Waals surface area contributed by atoms with E-state index in [9.17, 15) is 4.79 Å². The Labute approximate surface area is 207 Å². The van der Waals surface area contributed by atoms with Crippen molar-refractivity contribution in [2.75, 3.05) is 5.32 Å². The van der Waals surface area contributed by atoms with Gasteiger partial charge in [-0.05, 0) is 81.2 Å². The number of carbonyl (C=O) groups is 1. The number of halogens is 5. The van der Waals surface area contributed by atoms with Gasteiger partial charge >= 0.3 is 0 Å². The lowest BCUT2D eigenvalue weighted by molar-refractivity contribution is -0.121. The van der Waals surface area contributed by atoms with Crippen LogP contribution < -0.4 is 16.0 Å². The van der Waals surface area contributed by atoms with E-state index in [4.69, 9.17) is 47.0 Å². The van der Waals surface area contributed by atoms with E-state index in [1.54, 1.807) is 0 Å². The highest BCUT2D eigenvalue weighted by molar-refractivity contribution is 9.11. The fourth-order valence-electron chi connectivity index (χ4n) is 2.40. The molecule has 2 aromatic carbocycles. The topological polar surface area (TPSA) is 53.2 Å². The SMILES string of the molecule is Cc1ccc(CC(=O)NC(NC(=S)Nc2c(Br)cc(C)cc2Br)C(Cl)(Cl)Cl)cc1. The molecular weight excluding hydrogens is 584 g/mol. The van der Waals surface area contributed by atoms with Crippen LogP contribution in [0.5, 0.6) is 0 Å². The van der Waals surface area contributed by atoms with E-state index in [1.165, 1.54) is 0 Å². The summed E-state index contributed by atoms with van der Waals surface area (Å²) in [5.41, 5.74) is 3.74. The zero-order valence-corrected chi connectivity index (χ0v) is 21.7. The molecule has 3 N–H and O–H groups in total. The van der Waals surface area contributed by atoms with Gasteiger partial charge in [-0.1, -0.05) is 64.6 Å². The first-order valence-corrected chi connectivity index (χ1v) is 11.5. The van der Waals surface area contributed by atoms with Gasteiger partial charge in [0.25, 0.3) is 0 Å². The minimum Gasteiger partial charge on any atom is -0.339 e. The number of hydrogen-bond acceptors (Lipinski definition) is 2. The van der Waals surface area contributed by atoms with E-state index in [0.29, 0.717) is 5.69 Å². The third kappa shape index (κ3) is 7.89. The van der Waals surface area contributed by atoms with Crippen LogP contribution in [0.4, 0.5) is 5.69 Å². The zero-order chi connectivity index (χ0) is 21.8. The van der Waals surface area contributed by atoms with E-state index in [1.807, 2.05) is 50.2 Å². The number of anilines is 1. The molecule has 0 spiro atoms. The maximum absolute atomic E-state index is 12.4. The Kier molecular flexibility index (Phi) is 9.06. The normalized spacial score (nSPS) is 12.2. The Hall–Kier alpha value is -0.570. The van der Waals surface area contributed by atoms with Crippen molar-refractivity contribution in [3.8, 4) is 0 Å². The Bertz CT molecular complexity index is 882. The number of alkyl halides is 3. The van der Waals surface area contributed by atoms with Crippen LogP contribution in [0.25, 0.3) is 0 Å². The zero-order valence-electron chi connectivity index (χ0n) is 15.5. The number of benzene rings is 2. The van der Waals surface area contributed by atoms with Crippen molar-refractivity contribution in [1.82, 2.24) is 10.6 Å². The number of hydrogen-bond donors (Lipinski definition) is 3. The second-order valence-electron chi connectivity index (χ2n) is 6.41. The van der Waals surface area contributed by atoms with Crippen molar-refractivity contribution in [2.45, 2.75) is 30.2 Å². The molecule has 0 aromatic heterocycles. The smallest absolute Gasteiger partial charge is 0.228 e. The van der Waals surface area contributed by atoms with E-state index in [0.717, 1.165) is 25.6 Å². The summed E-state index contributed by atoms with van der Waals surface area (Å²) < 4.78 is -0.208. The molecule has 0 saturated heterocycles. The fraction of sp³-hybridized carbons (Fsp3) is 0.263. The van der Waals surface area contributed by atoms with Gasteiger partial charge in [-0.25, -0.2) is 0 Å². The summed E-state index contributed by atoms with van der Waals surface area (Å²) in [5, 5.41) is 8.75. The molecule has 2 aromatic rings. The van der Waals surface area contributed by atoms with Crippen LogP contribution >= 0.6 is 78.9 Å². The second kappa shape index (κ2) is 10.6. The number of rotatable bonds is 5. The Balaban J connectivity index is 2.06. The second-order valence-corrected chi connectivity index (χ2v) is 10.9. The van der Waals surface area contributed by atoms with Crippen molar-refractivity contribution in [1.29, 1.82) is 0 Å². The highest BCUT2D eigenvalue weighted by atomic mass is 79.9. The lowest BCUT2D eigenvalue weighted by Crippen LogP contribution is -2.56. The summed E-state index contributed by atoms with van der Waals surface area (Å²) in [6, 6.07) is 11.5. The molecule has 29 heavy (non-hydrogen) atoms. The molecule has 0 bridgehead atoms. The summed E-state index contributed by atoms with van der Waals surface area (Å²) in [6.07, 6.45) is -0.887. The molecule has 2 rings (SSSR count). The van der Waals surface area contributed by atoms with Gasteiger partial charge in [-0.2, -0.15) is 0 Å². The summed E-state index contributed by atoms with van der Waals surface area (Å²) in [4.78, 5) is 12.4. The van der Waals surface area contributed by atoms with Gasteiger partial charge in [0.2, 0.25) is 9.70 Å². The van der Waals surface area contributed by atoms with Crippen LogP contribution in [0.15, 0.2) is 45.3 Å². The molecular formula is C19H18Br2Cl3N3OS. The van der Waals surface area contributed by atoms with Crippen molar-refractivity contribution < 1.29 is 4.79 Å². The number of thiocarbonyl (C=S) groups is 1. The molecule has 10 heteroatoms. The Morgan fingerprint density at radius 1 is 1.03 bits per heavy atom. The van der Waals surface area contributed by atoms with Gasteiger partial charge in [0, 0.05) is 8.95 Å². The number of carbonyl (C=O) groups excluding carboxylic acids is 1. The maximum Gasteiger partial charge on any atom is 0.228 e. The first-order chi connectivity index (χ1) is 13.5. The summed E-state index contributed by atoms with van der Waals surface area (Å²) in [6.45, 7) is 3.95. The van der Waals surface area contributed by atoms with Gasteiger partial charge in [0.05, 0.1) is 12.1 Å². The van der Waals surface area contributed by atoms with Crippen LogP contribution in [-0.2, 0) is 11.2 Å². The predicted molar refractivity (Wildman–Crippen MR) is 133 cm³/mol. The Morgan fingerprint density at radius 2 is 1.59 bits per heavy atom. The largest absolute Gasteiger partial charge is 0.339 e.